The predicted octanol–water partition coefficient (Wildman–Crippen LogP) is 4.86. The highest BCUT2D eigenvalue weighted by molar-refractivity contribution is 7.13. The van der Waals surface area contributed by atoms with E-state index in [0.717, 1.165) is 24.8 Å². The molecule has 1 heterocycles. The highest BCUT2D eigenvalue weighted by Gasteiger charge is 2.57. The summed E-state index contributed by atoms with van der Waals surface area (Å²) >= 11 is 1.89. The van der Waals surface area contributed by atoms with Crippen LogP contribution < -0.4 is 0 Å². The van der Waals surface area contributed by atoms with Gasteiger partial charge in [0.05, 0.1) is 0 Å². The van der Waals surface area contributed by atoms with Crippen LogP contribution in [0.2, 0.25) is 0 Å². The Bertz CT molecular complexity index is 559. The molecule has 2 aliphatic carbocycles. The third-order valence-electron chi connectivity index (χ3n) is 4.45. The molecule has 3 rings (SSSR count). The van der Waals surface area contributed by atoms with Gasteiger partial charge in [-0.25, -0.2) is 0 Å². The first-order valence-corrected chi connectivity index (χ1v) is 8.09. The quantitative estimate of drug-likeness (QED) is 0.661. The molecule has 1 aromatic heterocycles. The molecule has 0 bridgehead atoms. The summed E-state index contributed by atoms with van der Waals surface area (Å²) in [5.41, 5.74) is 2.76. The zero-order chi connectivity index (χ0) is 14.2. The summed E-state index contributed by atoms with van der Waals surface area (Å²) in [6, 6.07) is 0. The van der Waals surface area contributed by atoms with Gasteiger partial charge in [0.2, 0.25) is 0 Å². The van der Waals surface area contributed by atoms with Crippen LogP contribution in [0.15, 0.2) is 0 Å². The number of thiophene rings is 1. The van der Waals surface area contributed by atoms with Crippen molar-refractivity contribution in [1.29, 1.82) is 0 Å². The fraction of sp³-hybridized carbons (Fsp3) is 0.706. The van der Waals surface area contributed by atoms with Crippen LogP contribution in [0.1, 0.15) is 80.1 Å². The first-order valence-electron chi connectivity index (χ1n) is 7.28. The van der Waals surface area contributed by atoms with E-state index < -0.39 is 0 Å². The van der Waals surface area contributed by atoms with Gasteiger partial charge < -0.3 is 0 Å². The Balaban J connectivity index is 2.23. The monoisotopic (exact) mass is 276 g/mol. The largest absolute Gasteiger partial charge is 0.293 e. The van der Waals surface area contributed by atoms with Gasteiger partial charge in [-0.3, -0.25) is 4.79 Å². The lowest BCUT2D eigenvalue weighted by atomic mass is 9.87. The summed E-state index contributed by atoms with van der Waals surface area (Å²) in [5.74, 6) is 0.458. The molecular weight excluding hydrogens is 252 g/mol. The van der Waals surface area contributed by atoms with Gasteiger partial charge in [0, 0.05) is 20.7 Å². The van der Waals surface area contributed by atoms with Crippen molar-refractivity contribution in [2.24, 2.45) is 5.41 Å². The molecule has 2 heteroatoms. The number of hydrogen-bond acceptors (Lipinski definition) is 2. The maximum absolute atomic E-state index is 12.8. The molecule has 19 heavy (non-hydrogen) atoms. The molecule has 0 N–H and O–H groups in total. The Hall–Kier alpha value is -0.630. The summed E-state index contributed by atoms with van der Waals surface area (Å²) in [7, 11) is 0. The number of fused-ring (bicyclic) bond motifs is 1. The van der Waals surface area contributed by atoms with Crippen molar-refractivity contribution in [3.63, 3.8) is 0 Å². The zero-order valence-corrected chi connectivity index (χ0v) is 13.8. The topological polar surface area (TPSA) is 17.1 Å². The minimum absolute atomic E-state index is 0.0264. The van der Waals surface area contributed by atoms with Crippen molar-refractivity contribution in [3.05, 3.63) is 20.9 Å². The minimum atomic E-state index is 0.0264. The number of carbonyl (C=O) groups excluding carboxylic acids is 1. The van der Waals surface area contributed by atoms with Gasteiger partial charge >= 0.3 is 0 Å². The van der Waals surface area contributed by atoms with Crippen LogP contribution in [-0.2, 0) is 17.3 Å². The Morgan fingerprint density at radius 2 is 1.47 bits per heavy atom. The Kier molecular flexibility index (Phi) is 2.47. The van der Waals surface area contributed by atoms with Crippen LogP contribution in [0.5, 0.6) is 0 Å². The van der Waals surface area contributed by atoms with Gasteiger partial charge in [-0.05, 0) is 35.7 Å². The third-order valence-corrected chi connectivity index (χ3v) is 6.53. The van der Waals surface area contributed by atoms with Crippen molar-refractivity contribution < 1.29 is 4.79 Å². The van der Waals surface area contributed by atoms with Crippen molar-refractivity contribution in [2.45, 2.75) is 71.6 Å². The lowest BCUT2D eigenvalue weighted by Gasteiger charge is -2.21. The average Bonchev–Trinajstić information content (AvgIpc) is 2.79. The van der Waals surface area contributed by atoms with Crippen molar-refractivity contribution in [3.8, 4) is 0 Å². The molecule has 1 fully saturated rings. The van der Waals surface area contributed by atoms with E-state index >= 15 is 0 Å². The molecule has 1 spiro atoms. The second-order valence-corrected chi connectivity index (χ2v) is 9.42. The summed E-state index contributed by atoms with van der Waals surface area (Å²) < 4.78 is 0. The van der Waals surface area contributed by atoms with E-state index in [1.54, 1.807) is 0 Å². The van der Waals surface area contributed by atoms with E-state index in [1.807, 2.05) is 11.3 Å². The molecule has 0 saturated heterocycles. The molecule has 104 valence electrons. The summed E-state index contributed by atoms with van der Waals surface area (Å²) in [5, 5.41) is 0. The second-order valence-electron chi connectivity index (χ2n) is 8.40. The van der Waals surface area contributed by atoms with Crippen LogP contribution in [0.25, 0.3) is 0 Å². The lowest BCUT2D eigenvalue weighted by molar-refractivity contribution is 0.0917. The van der Waals surface area contributed by atoms with Gasteiger partial charge in [0.25, 0.3) is 0 Å². The first kappa shape index (κ1) is 13.4. The van der Waals surface area contributed by atoms with Crippen molar-refractivity contribution in [2.75, 3.05) is 0 Å². The molecule has 2 aliphatic rings. The van der Waals surface area contributed by atoms with E-state index in [2.05, 4.69) is 41.5 Å². The van der Waals surface area contributed by atoms with Gasteiger partial charge in [-0.1, -0.05) is 41.5 Å². The normalized spacial score (nSPS) is 21.1. The van der Waals surface area contributed by atoms with Crippen LogP contribution in [-0.4, -0.2) is 5.78 Å². The number of carbonyl (C=O) groups is 1. The Morgan fingerprint density at radius 3 is 1.89 bits per heavy atom. The standard InChI is InChI=1S/C17H24OS/c1-15(2,3)13-10-9-17(7-8-17)12(18)11(10)14(19-13)16(4,5)6/h7-9H2,1-6H3. The minimum Gasteiger partial charge on any atom is -0.293 e. The first-order chi connectivity index (χ1) is 8.56. The Labute approximate surface area is 120 Å². The van der Waals surface area contributed by atoms with Gasteiger partial charge in [-0.2, -0.15) is 0 Å². The van der Waals surface area contributed by atoms with E-state index in [4.69, 9.17) is 0 Å². The molecular formula is C17H24OS. The number of ketones is 1. The molecule has 0 aliphatic heterocycles. The summed E-state index contributed by atoms with van der Waals surface area (Å²) in [6.07, 6.45) is 3.23. The SMILES string of the molecule is CC(C)(C)c1sc(C(C)(C)C)c2c1CC1(CC1)C2=O. The molecule has 1 aromatic rings. The number of rotatable bonds is 0. The highest BCUT2D eigenvalue weighted by atomic mass is 32.1. The molecule has 1 nitrogen and oxygen atoms in total. The smallest absolute Gasteiger partial charge is 0.170 e. The van der Waals surface area contributed by atoms with Crippen molar-refractivity contribution >= 4 is 17.1 Å². The van der Waals surface area contributed by atoms with Crippen LogP contribution >= 0.6 is 11.3 Å². The maximum atomic E-state index is 12.8. The molecule has 0 atom stereocenters. The fourth-order valence-corrected chi connectivity index (χ4v) is 4.68. The van der Waals surface area contributed by atoms with E-state index in [0.29, 0.717) is 5.78 Å². The van der Waals surface area contributed by atoms with E-state index in [-0.39, 0.29) is 16.2 Å². The molecule has 0 unspecified atom stereocenters. The van der Waals surface area contributed by atoms with Crippen LogP contribution in [0.3, 0.4) is 0 Å². The zero-order valence-electron chi connectivity index (χ0n) is 12.9. The van der Waals surface area contributed by atoms with E-state index in [1.165, 1.54) is 15.3 Å². The third kappa shape index (κ3) is 1.83. The maximum Gasteiger partial charge on any atom is 0.170 e. The molecule has 0 radical (unpaired) electrons. The number of hydrogen-bond donors (Lipinski definition) is 0. The van der Waals surface area contributed by atoms with Crippen molar-refractivity contribution in [1.82, 2.24) is 0 Å². The average molecular weight is 276 g/mol. The second kappa shape index (κ2) is 3.52. The van der Waals surface area contributed by atoms with Gasteiger partial charge in [-0.15, -0.1) is 11.3 Å². The summed E-state index contributed by atoms with van der Waals surface area (Å²) in [4.78, 5) is 15.6. The van der Waals surface area contributed by atoms with Crippen LogP contribution in [0, 0.1) is 5.41 Å². The molecule has 1 saturated carbocycles. The van der Waals surface area contributed by atoms with Crippen LogP contribution in [0.4, 0.5) is 0 Å². The lowest BCUT2D eigenvalue weighted by Crippen LogP contribution is -2.16. The predicted molar refractivity (Wildman–Crippen MR) is 81.4 cm³/mol. The van der Waals surface area contributed by atoms with Gasteiger partial charge in [0.1, 0.15) is 0 Å². The Morgan fingerprint density at radius 1 is 0.947 bits per heavy atom. The highest BCUT2D eigenvalue weighted by Crippen LogP contribution is 2.60. The molecule has 0 amide bonds. The van der Waals surface area contributed by atoms with E-state index in [9.17, 15) is 4.79 Å². The molecule has 0 aromatic carbocycles. The fourth-order valence-electron chi connectivity index (χ4n) is 3.25. The summed E-state index contributed by atoms with van der Waals surface area (Å²) in [6.45, 7) is 13.5. The van der Waals surface area contributed by atoms with Gasteiger partial charge in [0.15, 0.2) is 5.78 Å². The number of Topliss-reactive ketones (excluding diaryl/α,β-unsaturated/α-hetero) is 1.